The number of nitrogens with zero attached hydrogens (tertiary/aromatic N) is 1. The molecule has 29 heavy (non-hydrogen) atoms. The van der Waals surface area contributed by atoms with Gasteiger partial charge < -0.3 is 14.8 Å². The van der Waals surface area contributed by atoms with Crippen LogP contribution in [0.1, 0.15) is 28.4 Å². The zero-order valence-corrected chi connectivity index (χ0v) is 16.2. The number of benzene rings is 2. The van der Waals surface area contributed by atoms with Gasteiger partial charge in [-0.2, -0.15) is 0 Å². The van der Waals surface area contributed by atoms with Crippen molar-refractivity contribution >= 4 is 5.91 Å². The molecule has 5 heteroatoms. The molecule has 0 spiro atoms. The molecule has 0 saturated heterocycles. The lowest BCUT2D eigenvalue weighted by molar-refractivity contribution is 0.0958. The van der Waals surface area contributed by atoms with Crippen LogP contribution < -0.4 is 14.8 Å². The minimum atomic E-state index is -0.216. The molecule has 0 aliphatic carbocycles. The highest BCUT2D eigenvalue weighted by Crippen LogP contribution is 2.29. The Morgan fingerprint density at radius 3 is 2.66 bits per heavy atom. The van der Waals surface area contributed by atoms with Crippen LogP contribution in [-0.4, -0.2) is 24.0 Å². The van der Waals surface area contributed by atoms with Gasteiger partial charge >= 0.3 is 0 Å². The highest BCUT2D eigenvalue weighted by atomic mass is 16.5. The van der Waals surface area contributed by atoms with Crippen molar-refractivity contribution in [1.82, 2.24) is 10.3 Å². The minimum Gasteiger partial charge on any atom is -0.490 e. The van der Waals surface area contributed by atoms with Gasteiger partial charge in [0, 0.05) is 29.1 Å². The van der Waals surface area contributed by atoms with Gasteiger partial charge in [-0.25, -0.2) is 0 Å². The van der Waals surface area contributed by atoms with Gasteiger partial charge in [-0.1, -0.05) is 36.1 Å². The smallest absolute Gasteiger partial charge is 0.252 e. The van der Waals surface area contributed by atoms with Crippen molar-refractivity contribution in [2.24, 2.45) is 0 Å². The summed E-state index contributed by atoms with van der Waals surface area (Å²) in [5.41, 5.74) is 2.35. The Morgan fingerprint density at radius 1 is 1.03 bits per heavy atom. The zero-order chi connectivity index (χ0) is 20.3. The molecule has 0 unspecified atom stereocenters. The minimum absolute atomic E-state index is 0.216. The van der Waals surface area contributed by atoms with E-state index in [1.807, 2.05) is 49.4 Å². The molecular weight excluding hydrogens is 364 g/mol. The second kappa shape index (κ2) is 10.5. The van der Waals surface area contributed by atoms with Crippen molar-refractivity contribution in [3.05, 3.63) is 89.7 Å². The van der Waals surface area contributed by atoms with Gasteiger partial charge in [-0.3, -0.25) is 9.78 Å². The van der Waals surface area contributed by atoms with Crippen molar-refractivity contribution in [3.63, 3.8) is 0 Å². The van der Waals surface area contributed by atoms with Crippen LogP contribution in [0, 0.1) is 11.8 Å². The summed E-state index contributed by atoms with van der Waals surface area (Å²) in [6, 6.07) is 18.6. The Morgan fingerprint density at radius 2 is 1.90 bits per heavy atom. The molecule has 0 bridgehead atoms. The van der Waals surface area contributed by atoms with Gasteiger partial charge in [-0.15, -0.1) is 0 Å². The molecule has 3 aromatic rings. The van der Waals surface area contributed by atoms with E-state index in [9.17, 15) is 4.79 Å². The van der Waals surface area contributed by atoms with E-state index in [0.29, 0.717) is 30.3 Å². The molecule has 146 valence electrons. The molecule has 1 N–H and O–H groups in total. The largest absolute Gasteiger partial charge is 0.490 e. The van der Waals surface area contributed by atoms with E-state index in [1.54, 1.807) is 30.6 Å². The average Bonchev–Trinajstić information content (AvgIpc) is 2.77. The third-order valence-corrected chi connectivity index (χ3v) is 3.97. The standard InChI is InChI=1S/C24H22N2O3/c1-2-28-23-16-21(12-13-22(23)29-18-20-11-6-14-25-17-20)24(27)26-15-7-10-19-8-4-3-5-9-19/h3-6,8-9,11-14,16-17H,2,15,18H2,1H3,(H,26,27). The highest BCUT2D eigenvalue weighted by Gasteiger charge is 2.11. The van der Waals surface area contributed by atoms with Crippen molar-refractivity contribution in [1.29, 1.82) is 0 Å². The first-order valence-electron chi connectivity index (χ1n) is 9.37. The summed E-state index contributed by atoms with van der Waals surface area (Å²) in [5, 5.41) is 2.80. The monoisotopic (exact) mass is 386 g/mol. The molecular formula is C24H22N2O3. The Balaban J connectivity index is 1.62. The van der Waals surface area contributed by atoms with Crippen LogP contribution >= 0.6 is 0 Å². The fourth-order valence-corrected chi connectivity index (χ4v) is 2.58. The van der Waals surface area contributed by atoms with Crippen LogP contribution in [0.15, 0.2) is 73.1 Å². The number of pyridine rings is 1. The SMILES string of the molecule is CCOc1cc(C(=O)NCC#Cc2ccccc2)ccc1OCc1cccnc1. The van der Waals surface area contributed by atoms with E-state index in [4.69, 9.17) is 9.47 Å². The maximum Gasteiger partial charge on any atom is 0.252 e. The van der Waals surface area contributed by atoms with E-state index in [2.05, 4.69) is 22.1 Å². The molecule has 0 saturated carbocycles. The molecule has 0 radical (unpaired) electrons. The van der Waals surface area contributed by atoms with Crippen LogP contribution in [0.5, 0.6) is 11.5 Å². The summed E-state index contributed by atoms with van der Waals surface area (Å²) in [6.07, 6.45) is 3.46. The number of amides is 1. The van der Waals surface area contributed by atoms with Gasteiger partial charge in [0.05, 0.1) is 13.2 Å². The summed E-state index contributed by atoms with van der Waals surface area (Å²) in [4.78, 5) is 16.5. The summed E-state index contributed by atoms with van der Waals surface area (Å²) in [6.45, 7) is 2.99. The van der Waals surface area contributed by atoms with E-state index in [1.165, 1.54) is 0 Å². The highest BCUT2D eigenvalue weighted by molar-refractivity contribution is 5.95. The second-order valence-electron chi connectivity index (χ2n) is 6.09. The van der Waals surface area contributed by atoms with Gasteiger partial charge in [0.2, 0.25) is 0 Å². The Kier molecular flexibility index (Phi) is 7.25. The molecule has 1 heterocycles. The lowest BCUT2D eigenvalue weighted by atomic mass is 10.2. The van der Waals surface area contributed by atoms with Crippen molar-refractivity contribution in [3.8, 4) is 23.3 Å². The first-order valence-corrected chi connectivity index (χ1v) is 9.37. The number of carbonyl (C=O) groups excluding carboxylic acids is 1. The average molecular weight is 386 g/mol. The lowest BCUT2D eigenvalue weighted by Gasteiger charge is -2.13. The third-order valence-electron chi connectivity index (χ3n) is 3.97. The van der Waals surface area contributed by atoms with Crippen molar-refractivity contribution in [2.75, 3.05) is 13.2 Å². The van der Waals surface area contributed by atoms with E-state index >= 15 is 0 Å². The predicted molar refractivity (Wildman–Crippen MR) is 112 cm³/mol. The number of hydrogen-bond donors (Lipinski definition) is 1. The van der Waals surface area contributed by atoms with Gasteiger partial charge in [0.1, 0.15) is 6.61 Å². The fraction of sp³-hybridized carbons (Fsp3) is 0.167. The van der Waals surface area contributed by atoms with Crippen LogP contribution in [0.2, 0.25) is 0 Å². The second-order valence-corrected chi connectivity index (χ2v) is 6.09. The number of rotatable bonds is 7. The van der Waals surface area contributed by atoms with E-state index in [0.717, 1.165) is 11.1 Å². The lowest BCUT2D eigenvalue weighted by Crippen LogP contribution is -2.23. The van der Waals surface area contributed by atoms with E-state index in [-0.39, 0.29) is 12.5 Å². The third kappa shape index (κ3) is 6.12. The van der Waals surface area contributed by atoms with E-state index < -0.39 is 0 Å². The zero-order valence-electron chi connectivity index (χ0n) is 16.2. The van der Waals surface area contributed by atoms with Crippen molar-refractivity contribution in [2.45, 2.75) is 13.5 Å². The van der Waals surface area contributed by atoms with Crippen molar-refractivity contribution < 1.29 is 14.3 Å². The maximum atomic E-state index is 12.4. The Labute approximate surface area is 170 Å². The Hall–Kier alpha value is -3.78. The number of hydrogen-bond acceptors (Lipinski definition) is 4. The predicted octanol–water partition coefficient (Wildman–Crippen LogP) is 3.84. The number of carbonyl (C=O) groups is 1. The van der Waals surface area contributed by atoms with Gasteiger partial charge in [-0.05, 0) is 43.3 Å². The normalized spacial score (nSPS) is 9.83. The van der Waals surface area contributed by atoms with Crippen LogP contribution in [0.4, 0.5) is 0 Å². The molecule has 0 fully saturated rings. The molecule has 1 aromatic heterocycles. The number of aromatic nitrogens is 1. The molecule has 0 atom stereocenters. The summed E-state index contributed by atoms with van der Waals surface area (Å²) >= 11 is 0. The molecule has 0 aliphatic rings. The van der Waals surface area contributed by atoms with Gasteiger partial charge in [0.25, 0.3) is 5.91 Å². The molecule has 1 amide bonds. The van der Waals surface area contributed by atoms with Crippen LogP contribution in [0.3, 0.4) is 0 Å². The number of ether oxygens (including phenoxy) is 2. The molecule has 5 nitrogen and oxygen atoms in total. The summed E-state index contributed by atoms with van der Waals surface area (Å²) in [5.74, 6) is 6.85. The topological polar surface area (TPSA) is 60.5 Å². The molecule has 3 rings (SSSR count). The summed E-state index contributed by atoms with van der Waals surface area (Å²) in [7, 11) is 0. The summed E-state index contributed by atoms with van der Waals surface area (Å²) < 4.78 is 11.5. The molecule has 0 aliphatic heterocycles. The van der Waals surface area contributed by atoms with Gasteiger partial charge in [0.15, 0.2) is 11.5 Å². The fourth-order valence-electron chi connectivity index (χ4n) is 2.58. The number of nitrogens with one attached hydrogen (secondary N) is 1. The first kappa shape index (κ1) is 20.0. The van der Waals surface area contributed by atoms with Crippen LogP contribution in [0.25, 0.3) is 0 Å². The maximum absolute atomic E-state index is 12.4. The molecule has 2 aromatic carbocycles. The Bertz CT molecular complexity index is 993. The van der Waals surface area contributed by atoms with Crippen LogP contribution in [-0.2, 0) is 6.61 Å². The first-order chi connectivity index (χ1) is 14.3. The quantitative estimate of drug-likeness (QED) is 0.627.